The summed E-state index contributed by atoms with van der Waals surface area (Å²) in [6, 6.07) is 8.99. The first-order valence-corrected chi connectivity index (χ1v) is 5.35. The molecule has 0 heterocycles. The van der Waals surface area contributed by atoms with Gasteiger partial charge in [0.25, 0.3) is 5.91 Å². The Labute approximate surface area is 106 Å². The van der Waals surface area contributed by atoms with E-state index in [1.807, 2.05) is 18.2 Å². The van der Waals surface area contributed by atoms with Gasteiger partial charge in [-0.1, -0.05) is 12.1 Å². The molecule has 0 aliphatic rings. The minimum absolute atomic E-state index is 0.0425. The van der Waals surface area contributed by atoms with E-state index >= 15 is 0 Å². The van der Waals surface area contributed by atoms with E-state index in [9.17, 15) is 4.79 Å². The Morgan fingerprint density at radius 3 is 2.50 bits per heavy atom. The van der Waals surface area contributed by atoms with Gasteiger partial charge in [-0.15, -0.1) is 0 Å². The zero-order valence-corrected chi connectivity index (χ0v) is 10.4. The molecule has 0 unspecified atom stereocenters. The molecule has 0 aliphatic carbocycles. The summed E-state index contributed by atoms with van der Waals surface area (Å²) >= 11 is 2.11. The summed E-state index contributed by atoms with van der Waals surface area (Å²) in [4.78, 5) is 10.9. The number of amides is 1. The van der Waals surface area contributed by atoms with Gasteiger partial charge in [0.05, 0.1) is 5.69 Å². The minimum Gasteiger partial charge on any atom is -0.384 e. The number of anilines is 1. The number of nitriles is 1. The maximum Gasteiger partial charge on any atom is 0.263 e. The van der Waals surface area contributed by atoms with E-state index in [2.05, 4.69) is 27.9 Å². The zero-order chi connectivity index (χ0) is 12.1. The Hall–Kier alpha value is -1.75. The van der Waals surface area contributed by atoms with Crippen molar-refractivity contribution < 1.29 is 4.79 Å². The van der Waals surface area contributed by atoms with E-state index in [0.717, 1.165) is 9.26 Å². The molecular formula is C10H9IN4O. The van der Waals surface area contributed by atoms with Crippen LogP contribution in [0.1, 0.15) is 0 Å². The average Bonchev–Trinajstić information content (AvgIpc) is 2.22. The molecule has 1 rings (SSSR count). The number of nitrogens with zero attached hydrogens (tertiary/aromatic N) is 1. The van der Waals surface area contributed by atoms with Crippen LogP contribution >= 0.6 is 22.6 Å². The van der Waals surface area contributed by atoms with Crippen molar-refractivity contribution in [2.24, 2.45) is 11.5 Å². The van der Waals surface area contributed by atoms with E-state index in [1.54, 1.807) is 12.1 Å². The van der Waals surface area contributed by atoms with Crippen LogP contribution in [0, 0.1) is 14.9 Å². The number of rotatable bonds is 3. The van der Waals surface area contributed by atoms with Gasteiger partial charge in [0, 0.05) is 3.57 Å². The van der Waals surface area contributed by atoms with Crippen molar-refractivity contribution in [3.63, 3.8) is 0 Å². The van der Waals surface area contributed by atoms with Crippen LogP contribution in [0.15, 0.2) is 35.7 Å². The maximum absolute atomic E-state index is 10.9. The molecule has 0 radical (unpaired) electrons. The SMILES string of the molecule is N#C/C(C(N)=O)=C(\N)Nc1ccccc1I. The lowest BCUT2D eigenvalue weighted by atomic mass is 10.2. The Kier molecular flexibility index (Phi) is 4.13. The van der Waals surface area contributed by atoms with E-state index < -0.39 is 5.91 Å². The summed E-state index contributed by atoms with van der Waals surface area (Å²) in [6.07, 6.45) is 0. The highest BCUT2D eigenvalue weighted by Crippen LogP contribution is 2.18. The van der Waals surface area contributed by atoms with E-state index in [1.165, 1.54) is 0 Å². The van der Waals surface area contributed by atoms with Gasteiger partial charge >= 0.3 is 0 Å². The molecule has 5 nitrogen and oxygen atoms in total. The van der Waals surface area contributed by atoms with Crippen LogP contribution in [0.25, 0.3) is 0 Å². The quantitative estimate of drug-likeness (QED) is 0.435. The second-order valence-corrected chi connectivity index (χ2v) is 4.03. The monoisotopic (exact) mass is 328 g/mol. The first-order valence-electron chi connectivity index (χ1n) is 4.27. The second-order valence-electron chi connectivity index (χ2n) is 2.87. The first kappa shape index (κ1) is 12.3. The smallest absolute Gasteiger partial charge is 0.263 e. The van der Waals surface area contributed by atoms with Crippen molar-refractivity contribution in [2.75, 3.05) is 5.32 Å². The standard InChI is InChI=1S/C10H9IN4O/c11-7-3-1-2-4-8(7)15-9(13)6(5-12)10(14)16/h1-4,15H,13H2,(H2,14,16)/b9-6-. The number of hydrogen-bond acceptors (Lipinski definition) is 4. The Morgan fingerprint density at radius 2 is 2.00 bits per heavy atom. The molecule has 0 saturated heterocycles. The summed E-state index contributed by atoms with van der Waals surface area (Å²) in [5.74, 6) is -0.891. The van der Waals surface area contributed by atoms with Crippen LogP contribution < -0.4 is 16.8 Å². The first-order chi connectivity index (χ1) is 7.56. The Balaban J connectivity index is 3.03. The molecule has 82 valence electrons. The molecular weight excluding hydrogens is 319 g/mol. The topological polar surface area (TPSA) is 105 Å². The number of halogens is 1. The fourth-order valence-electron chi connectivity index (χ4n) is 1.02. The molecule has 1 aromatic carbocycles. The number of carbonyl (C=O) groups excluding carboxylic acids is 1. The van der Waals surface area contributed by atoms with Crippen molar-refractivity contribution in [2.45, 2.75) is 0 Å². The fourth-order valence-corrected chi connectivity index (χ4v) is 1.54. The number of benzene rings is 1. The van der Waals surface area contributed by atoms with Crippen LogP contribution in [0.2, 0.25) is 0 Å². The number of para-hydroxylation sites is 1. The van der Waals surface area contributed by atoms with Crippen molar-refractivity contribution in [3.8, 4) is 6.07 Å². The molecule has 1 amide bonds. The van der Waals surface area contributed by atoms with Gasteiger partial charge in [0.2, 0.25) is 0 Å². The molecule has 0 spiro atoms. The zero-order valence-electron chi connectivity index (χ0n) is 8.20. The molecule has 5 N–H and O–H groups in total. The lowest BCUT2D eigenvalue weighted by molar-refractivity contribution is -0.114. The molecule has 0 atom stereocenters. The van der Waals surface area contributed by atoms with Crippen molar-refractivity contribution in [1.29, 1.82) is 5.26 Å². The summed E-state index contributed by atoms with van der Waals surface area (Å²) in [6.45, 7) is 0. The number of nitrogens with one attached hydrogen (secondary N) is 1. The number of carbonyl (C=O) groups is 1. The highest BCUT2D eigenvalue weighted by Gasteiger charge is 2.10. The molecule has 0 aromatic heterocycles. The molecule has 0 saturated carbocycles. The number of hydrogen-bond donors (Lipinski definition) is 3. The molecule has 6 heteroatoms. The van der Waals surface area contributed by atoms with Crippen LogP contribution in [0.3, 0.4) is 0 Å². The molecule has 0 fully saturated rings. The van der Waals surface area contributed by atoms with E-state index in [-0.39, 0.29) is 11.4 Å². The normalized spacial score (nSPS) is 11.2. The fraction of sp³-hybridized carbons (Fsp3) is 0. The average molecular weight is 328 g/mol. The van der Waals surface area contributed by atoms with E-state index in [4.69, 9.17) is 16.7 Å². The van der Waals surface area contributed by atoms with Gasteiger partial charge in [-0.2, -0.15) is 5.26 Å². The summed E-state index contributed by atoms with van der Waals surface area (Å²) < 4.78 is 0.921. The third kappa shape index (κ3) is 2.87. The highest BCUT2D eigenvalue weighted by atomic mass is 127. The second kappa shape index (κ2) is 5.37. The largest absolute Gasteiger partial charge is 0.384 e. The number of primary amides is 1. The van der Waals surface area contributed by atoms with Gasteiger partial charge < -0.3 is 16.8 Å². The molecule has 1 aromatic rings. The lowest BCUT2D eigenvalue weighted by Crippen LogP contribution is -2.22. The van der Waals surface area contributed by atoms with E-state index in [0.29, 0.717) is 0 Å². The highest BCUT2D eigenvalue weighted by molar-refractivity contribution is 14.1. The van der Waals surface area contributed by atoms with Crippen LogP contribution in [-0.4, -0.2) is 5.91 Å². The van der Waals surface area contributed by atoms with Gasteiger partial charge in [-0.05, 0) is 34.7 Å². The van der Waals surface area contributed by atoms with Gasteiger partial charge in [-0.25, -0.2) is 0 Å². The molecule has 0 aliphatic heterocycles. The van der Waals surface area contributed by atoms with Crippen LogP contribution in [0.5, 0.6) is 0 Å². The lowest BCUT2D eigenvalue weighted by Gasteiger charge is -2.08. The Morgan fingerprint density at radius 1 is 1.38 bits per heavy atom. The molecule has 0 bridgehead atoms. The third-order valence-electron chi connectivity index (χ3n) is 1.77. The third-order valence-corrected chi connectivity index (χ3v) is 2.71. The van der Waals surface area contributed by atoms with Gasteiger partial charge in [0.1, 0.15) is 11.9 Å². The summed E-state index contributed by atoms with van der Waals surface area (Å²) in [5.41, 5.74) is 11.0. The van der Waals surface area contributed by atoms with Crippen molar-refractivity contribution in [1.82, 2.24) is 0 Å². The number of nitrogens with two attached hydrogens (primary N) is 2. The van der Waals surface area contributed by atoms with Crippen molar-refractivity contribution in [3.05, 3.63) is 39.2 Å². The predicted octanol–water partition coefficient (Wildman–Crippen LogP) is 0.882. The van der Waals surface area contributed by atoms with Gasteiger partial charge in [-0.3, -0.25) is 4.79 Å². The van der Waals surface area contributed by atoms with Crippen molar-refractivity contribution >= 4 is 34.2 Å². The van der Waals surface area contributed by atoms with Crippen LogP contribution in [-0.2, 0) is 4.79 Å². The Bertz CT molecular complexity index is 490. The molecule has 16 heavy (non-hydrogen) atoms. The summed E-state index contributed by atoms with van der Waals surface area (Å²) in [5, 5.41) is 11.5. The minimum atomic E-state index is -0.849. The predicted molar refractivity (Wildman–Crippen MR) is 68.8 cm³/mol. The van der Waals surface area contributed by atoms with Gasteiger partial charge in [0.15, 0.2) is 5.57 Å². The van der Waals surface area contributed by atoms with Crippen LogP contribution in [0.4, 0.5) is 5.69 Å². The maximum atomic E-state index is 10.9. The summed E-state index contributed by atoms with van der Waals surface area (Å²) in [7, 11) is 0.